The van der Waals surface area contributed by atoms with E-state index >= 15 is 0 Å². The largest absolute Gasteiger partial charge is 0.303 e. The van der Waals surface area contributed by atoms with Gasteiger partial charge in [-0.2, -0.15) is 0 Å². The molecular weight excluding hydrogens is 148 g/mol. The number of aldehydes is 1. The van der Waals surface area contributed by atoms with E-state index in [0.717, 1.165) is 12.3 Å². The molecule has 2 aliphatic carbocycles. The summed E-state index contributed by atoms with van der Waals surface area (Å²) in [5.74, 6) is 1.16. The van der Waals surface area contributed by atoms with Gasteiger partial charge in [0.15, 0.2) is 0 Å². The lowest BCUT2D eigenvalue weighted by Gasteiger charge is -2.37. The summed E-state index contributed by atoms with van der Waals surface area (Å²) in [5, 5.41) is 0. The van der Waals surface area contributed by atoms with Gasteiger partial charge < -0.3 is 4.79 Å². The van der Waals surface area contributed by atoms with Crippen LogP contribution in [0.15, 0.2) is 0 Å². The molecule has 2 saturated carbocycles. The van der Waals surface area contributed by atoms with Crippen molar-refractivity contribution in [2.75, 3.05) is 0 Å². The zero-order valence-electron chi connectivity index (χ0n) is 8.26. The Hall–Kier alpha value is -0.330. The first kappa shape index (κ1) is 8.28. The second-order valence-electron chi connectivity index (χ2n) is 4.81. The summed E-state index contributed by atoms with van der Waals surface area (Å²) in [6, 6.07) is 0. The summed E-state index contributed by atoms with van der Waals surface area (Å²) >= 11 is 0. The highest BCUT2D eigenvalue weighted by molar-refractivity contribution is 5.60. The predicted octanol–water partition coefficient (Wildman–Crippen LogP) is 2.65. The summed E-state index contributed by atoms with van der Waals surface area (Å²) in [7, 11) is 0. The number of carbonyl (C=O) groups excluding carboxylic acids is 1. The predicted molar refractivity (Wildman–Crippen MR) is 48.8 cm³/mol. The minimum Gasteiger partial charge on any atom is -0.303 e. The molecule has 4 atom stereocenters. The Morgan fingerprint density at radius 1 is 1.58 bits per heavy atom. The average Bonchev–Trinajstić information content (AvgIpc) is 2.52. The lowest BCUT2D eigenvalue weighted by molar-refractivity contribution is -0.118. The Morgan fingerprint density at radius 2 is 2.25 bits per heavy atom. The molecule has 0 heterocycles. The van der Waals surface area contributed by atoms with Crippen molar-refractivity contribution in [1.82, 2.24) is 0 Å². The van der Waals surface area contributed by atoms with E-state index in [1.807, 2.05) is 0 Å². The average molecular weight is 166 g/mol. The van der Waals surface area contributed by atoms with Crippen LogP contribution >= 0.6 is 0 Å². The molecule has 0 radical (unpaired) electrons. The molecule has 1 nitrogen and oxygen atoms in total. The fraction of sp³-hybridized carbons (Fsp3) is 0.909. The summed E-state index contributed by atoms with van der Waals surface area (Å²) in [6.07, 6.45) is 4.87. The van der Waals surface area contributed by atoms with Crippen LogP contribution in [0.2, 0.25) is 0 Å². The lowest BCUT2D eigenvalue weighted by Crippen LogP contribution is -2.34. The number of hydrogen-bond donors (Lipinski definition) is 0. The smallest absolute Gasteiger partial charge is 0.123 e. The zero-order valence-corrected chi connectivity index (χ0v) is 8.26. The standard InChI is InChI=1S/C11H18O/c1-4-10(3)8(2)11(10)6-5-9(11)7-12/h7-9H,4-6H2,1-3H3. The molecule has 4 unspecified atom stereocenters. The van der Waals surface area contributed by atoms with Crippen molar-refractivity contribution in [1.29, 1.82) is 0 Å². The maximum atomic E-state index is 10.8. The minimum absolute atomic E-state index is 0.387. The van der Waals surface area contributed by atoms with Crippen LogP contribution in [0.1, 0.15) is 40.0 Å². The quantitative estimate of drug-likeness (QED) is 0.576. The Labute approximate surface area is 74.5 Å². The maximum Gasteiger partial charge on any atom is 0.123 e. The monoisotopic (exact) mass is 166 g/mol. The van der Waals surface area contributed by atoms with Crippen LogP contribution < -0.4 is 0 Å². The molecule has 12 heavy (non-hydrogen) atoms. The van der Waals surface area contributed by atoms with E-state index in [-0.39, 0.29) is 0 Å². The molecule has 0 aliphatic heterocycles. The van der Waals surface area contributed by atoms with E-state index in [1.165, 1.54) is 19.1 Å². The fourth-order valence-corrected chi connectivity index (χ4v) is 3.74. The Balaban J connectivity index is 2.21. The highest BCUT2D eigenvalue weighted by Crippen LogP contribution is 2.80. The van der Waals surface area contributed by atoms with Gasteiger partial charge in [-0.1, -0.05) is 20.8 Å². The molecule has 2 rings (SSSR count). The van der Waals surface area contributed by atoms with Crippen LogP contribution in [-0.4, -0.2) is 6.29 Å². The summed E-state index contributed by atoms with van der Waals surface area (Å²) in [6.45, 7) is 6.93. The van der Waals surface area contributed by atoms with Crippen LogP contribution in [0.5, 0.6) is 0 Å². The third-order valence-corrected chi connectivity index (χ3v) is 5.14. The lowest BCUT2D eigenvalue weighted by atomic mass is 9.66. The molecule has 0 bridgehead atoms. The second-order valence-corrected chi connectivity index (χ2v) is 4.81. The zero-order chi connectivity index (χ0) is 8.98. The first-order valence-corrected chi connectivity index (χ1v) is 5.08. The van der Waals surface area contributed by atoms with E-state index in [9.17, 15) is 4.79 Å². The van der Waals surface area contributed by atoms with Crippen LogP contribution in [-0.2, 0) is 4.79 Å². The van der Waals surface area contributed by atoms with Gasteiger partial charge in [-0.15, -0.1) is 0 Å². The van der Waals surface area contributed by atoms with Gasteiger partial charge >= 0.3 is 0 Å². The number of rotatable bonds is 2. The molecule has 0 aromatic rings. The van der Waals surface area contributed by atoms with Crippen molar-refractivity contribution in [3.05, 3.63) is 0 Å². The molecule has 0 N–H and O–H groups in total. The first-order chi connectivity index (χ1) is 5.63. The van der Waals surface area contributed by atoms with E-state index in [4.69, 9.17) is 0 Å². The van der Waals surface area contributed by atoms with Crippen LogP contribution in [0, 0.1) is 22.7 Å². The van der Waals surface area contributed by atoms with Gasteiger partial charge in [0, 0.05) is 5.92 Å². The van der Waals surface area contributed by atoms with Gasteiger partial charge in [-0.25, -0.2) is 0 Å². The van der Waals surface area contributed by atoms with Crippen molar-refractivity contribution in [3.8, 4) is 0 Å². The normalized spacial score (nSPS) is 56.6. The van der Waals surface area contributed by atoms with E-state index in [0.29, 0.717) is 16.7 Å². The number of carbonyl (C=O) groups is 1. The second kappa shape index (κ2) is 2.12. The van der Waals surface area contributed by atoms with Crippen LogP contribution in [0.3, 0.4) is 0 Å². The molecule has 2 aliphatic rings. The minimum atomic E-state index is 0.387. The van der Waals surface area contributed by atoms with Crippen LogP contribution in [0.4, 0.5) is 0 Å². The summed E-state index contributed by atoms with van der Waals surface area (Å²) < 4.78 is 0. The Kier molecular flexibility index (Phi) is 1.47. The molecule has 0 saturated heterocycles. The maximum absolute atomic E-state index is 10.8. The van der Waals surface area contributed by atoms with Crippen molar-refractivity contribution in [2.24, 2.45) is 22.7 Å². The first-order valence-electron chi connectivity index (χ1n) is 5.08. The molecule has 0 amide bonds. The third kappa shape index (κ3) is 0.571. The van der Waals surface area contributed by atoms with Crippen LogP contribution in [0.25, 0.3) is 0 Å². The highest BCUT2D eigenvalue weighted by Gasteiger charge is 2.75. The van der Waals surface area contributed by atoms with E-state index < -0.39 is 0 Å². The summed E-state index contributed by atoms with van der Waals surface area (Å²) in [5.41, 5.74) is 0.917. The molecular formula is C11H18O. The van der Waals surface area contributed by atoms with Gasteiger partial charge in [0.1, 0.15) is 6.29 Å². The molecule has 2 fully saturated rings. The van der Waals surface area contributed by atoms with Crippen molar-refractivity contribution < 1.29 is 4.79 Å². The van der Waals surface area contributed by atoms with Gasteiger partial charge in [-0.05, 0) is 36.0 Å². The van der Waals surface area contributed by atoms with Gasteiger partial charge in [0.2, 0.25) is 0 Å². The van der Waals surface area contributed by atoms with Crippen molar-refractivity contribution in [3.63, 3.8) is 0 Å². The van der Waals surface area contributed by atoms with Gasteiger partial charge in [0.25, 0.3) is 0 Å². The van der Waals surface area contributed by atoms with E-state index in [2.05, 4.69) is 20.8 Å². The summed E-state index contributed by atoms with van der Waals surface area (Å²) in [4.78, 5) is 10.8. The fourth-order valence-electron chi connectivity index (χ4n) is 3.74. The number of hydrogen-bond acceptors (Lipinski definition) is 1. The topological polar surface area (TPSA) is 17.1 Å². The van der Waals surface area contributed by atoms with Gasteiger partial charge in [-0.3, -0.25) is 0 Å². The third-order valence-electron chi connectivity index (χ3n) is 5.14. The van der Waals surface area contributed by atoms with Crippen molar-refractivity contribution >= 4 is 6.29 Å². The van der Waals surface area contributed by atoms with Gasteiger partial charge in [0.05, 0.1) is 0 Å². The Bertz CT molecular complexity index is 223. The molecule has 1 spiro atoms. The van der Waals surface area contributed by atoms with E-state index in [1.54, 1.807) is 0 Å². The van der Waals surface area contributed by atoms with Crippen molar-refractivity contribution in [2.45, 2.75) is 40.0 Å². The SMILES string of the molecule is CCC1(C)C(C)C12CCC2C=O. The molecule has 68 valence electrons. The highest BCUT2D eigenvalue weighted by atomic mass is 16.1. The Morgan fingerprint density at radius 3 is 2.50 bits per heavy atom. The molecule has 0 aromatic carbocycles. The molecule has 1 heteroatoms. The molecule has 0 aromatic heterocycles.